The van der Waals surface area contributed by atoms with E-state index in [1.54, 1.807) is 0 Å². The fraction of sp³-hybridized carbons (Fsp3) is 0. The second-order valence-electron chi connectivity index (χ2n) is 0.710. The van der Waals surface area contributed by atoms with Gasteiger partial charge in [0.15, 0.2) is 0 Å². The summed E-state index contributed by atoms with van der Waals surface area (Å²) in [5.41, 5.74) is 0. The van der Waals surface area contributed by atoms with Crippen LogP contribution in [0.4, 0.5) is 0 Å². The van der Waals surface area contributed by atoms with Crippen molar-refractivity contribution in [1.29, 1.82) is 0 Å². The SMILES string of the molecule is Cl.[2H]c1nc([2H])c([2H])c([2H])c1[2H]. The maximum atomic E-state index is 7.07. The molecular weight excluding hydrogens is 110 g/mol. The summed E-state index contributed by atoms with van der Waals surface area (Å²) in [5, 5.41) is 0. The van der Waals surface area contributed by atoms with Crippen LogP contribution in [-0.2, 0) is 0 Å². The van der Waals surface area contributed by atoms with E-state index in [9.17, 15) is 0 Å². The van der Waals surface area contributed by atoms with Crippen LogP contribution in [0.1, 0.15) is 6.85 Å². The van der Waals surface area contributed by atoms with E-state index in [0.717, 1.165) is 0 Å². The third-order valence-electron chi connectivity index (χ3n) is 0.349. The Morgan fingerprint density at radius 1 is 1.14 bits per heavy atom. The van der Waals surface area contributed by atoms with Crippen molar-refractivity contribution in [3.63, 3.8) is 0 Å². The van der Waals surface area contributed by atoms with Gasteiger partial charge in [-0.25, -0.2) is 0 Å². The first-order valence-electron chi connectivity index (χ1n) is 3.95. The van der Waals surface area contributed by atoms with E-state index >= 15 is 0 Å². The molecule has 0 amide bonds. The summed E-state index contributed by atoms with van der Waals surface area (Å²) in [6, 6.07) is -1.20. The lowest BCUT2D eigenvalue weighted by Gasteiger charge is -1.70. The second kappa shape index (κ2) is 3.62. The van der Waals surface area contributed by atoms with E-state index in [0.29, 0.717) is 0 Å². The maximum absolute atomic E-state index is 7.07. The molecular formula is C5H6ClN. The van der Waals surface area contributed by atoms with E-state index in [1.165, 1.54) is 0 Å². The largest absolute Gasteiger partial charge is 0.265 e. The highest BCUT2D eigenvalue weighted by atomic mass is 35.5. The number of halogens is 1. The molecule has 0 radical (unpaired) electrons. The minimum Gasteiger partial charge on any atom is -0.265 e. The Morgan fingerprint density at radius 3 is 2.29 bits per heavy atom. The van der Waals surface area contributed by atoms with Crippen LogP contribution in [0.2, 0.25) is 0 Å². The molecule has 0 bridgehead atoms. The predicted octanol–water partition coefficient (Wildman–Crippen LogP) is 1.50. The number of hydrogen-bond donors (Lipinski definition) is 0. The standard InChI is InChI=1S/C5H5N.ClH/c1-2-4-6-5-3-1;/h1-5H;1H/i1D,2D,3D,4D,5D;. The highest BCUT2D eigenvalue weighted by Gasteiger charge is 1.58. The Labute approximate surface area is 55.8 Å². The van der Waals surface area contributed by atoms with Crippen molar-refractivity contribution in [2.24, 2.45) is 0 Å². The van der Waals surface area contributed by atoms with Crippen LogP contribution in [0.5, 0.6) is 0 Å². The molecule has 1 aromatic heterocycles. The monoisotopic (exact) mass is 120 g/mol. The van der Waals surface area contributed by atoms with Gasteiger partial charge in [0.1, 0.15) is 0 Å². The van der Waals surface area contributed by atoms with Crippen LogP contribution >= 0.6 is 12.4 Å². The Hall–Kier alpha value is -0.560. The van der Waals surface area contributed by atoms with Crippen molar-refractivity contribution in [2.75, 3.05) is 0 Å². The van der Waals surface area contributed by atoms with Gasteiger partial charge in [0.05, 0.1) is 6.85 Å². The molecule has 1 rings (SSSR count). The normalized spacial score (nSPS) is 16.9. The molecule has 0 aliphatic heterocycles. The summed E-state index contributed by atoms with van der Waals surface area (Å²) in [6.45, 7) is 0. The van der Waals surface area contributed by atoms with Gasteiger partial charge in [0, 0.05) is 12.3 Å². The molecule has 7 heavy (non-hydrogen) atoms. The summed E-state index contributed by atoms with van der Waals surface area (Å²) < 4.78 is 35.1. The maximum Gasteiger partial charge on any atom is 0.0840 e. The number of aromatic nitrogens is 1. The molecule has 0 aliphatic rings. The fourth-order valence-electron chi connectivity index (χ4n) is 0.171. The quantitative estimate of drug-likeness (QED) is 0.506. The highest BCUT2D eigenvalue weighted by molar-refractivity contribution is 5.85. The van der Waals surface area contributed by atoms with Gasteiger partial charge >= 0.3 is 0 Å². The van der Waals surface area contributed by atoms with Crippen LogP contribution in [0.3, 0.4) is 0 Å². The van der Waals surface area contributed by atoms with Gasteiger partial charge in [-0.1, -0.05) is 6.04 Å². The molecule has 2 heteroatoms. The van der Waals surface area contributed by atoms with E-state index in [-0.39, 0.29) is 12.4 Å². The second-order valence-corrected chi connectivity index (χ2v) is 0.710. The van der Waals surface area contributed by atoms with Gasteiger partial charge in [0.25, 0.3) is 0 Å². The predicted molar refractivity (Wildman–Crippen MR) is 31.5 cm³/mol. The van der Waals surface area contributed by atoms with Crippen molar-refractivity contribution < 1.29 is 6.85 Å². The van der Waals surface area contributed by atoms with E-state index in [4.69, 9.17) is 6.85 Å². The molecule has 38 valence electrons. The van der Waals surface area contributed by atoms with Gasteiger partial charge in [0.2, 0.25) is 0 Å². The molecule has 1 aromatic rings. The number of rotatable bonds is 0. The van der Waals surface area contributed by atoms with E-state index in [2.05, 4.69) is 4.98 Å². The fourth-order valence-corrected chi connectivity index (χ4v) is 0.171. The Kier molecular flexibility index (Phi) is 0.905. The molecule has 0 spiro atoms. The van der Waals surface area contributed by atoms with Gasteiger partial charge < -0.3 is 0 Å². The third kappa shape index (κ3) is 2.18. The third-order valence-corrected chi connectivity index (χ3v) is 0.349. The zero-order valence-corrected chi connectivity index (χ0v) is 4.17. The summed E-state index contributed by atoms with van der Waals surface area (Å²) in [7, 11) is 0. The highest BCUT2D eigenvalue weighted by Crippen LogP contribution is 1.73. The van der Waals surface area contributed by atoms with Crippen LogP contribution in [-0.4, -0.2) is 4.98 Å². The first-order chi connectivity index (χ1) is 5.04. The minimum absolute atomic E-state index is 0. The molecule has 0 saturated carbocycles. The van der Waals surface area contributed by atoms with Gasteiger partial charge in [-0.3, -0.25) is 4.98 Å². The molecule has 0 aliphatic carbocycles. The lowest BCUT2D eigenvalue weighted by atomic mass is 10.5. The zero-order chi connectivity index (χ0) is 8.59. The number of hydrogen-bond acceptors (Lipinski definition) is 1. The smallest absolute Gasteiger partial charge is 0.0840 e. The average molecular weight is 121 g/mol. The first-order valence-corrected chi connectivity index (χ1v) is 1.45. The van der Waals surface area contributed by atoms with Crippen molar-refractivity contribution in [2.45, 2.75) is 0 Å². The van der Waals surface area contributed by atoms with Crippen LogP contribution in [0, 0.1) is 0 Å². The van der Waals surface area contributed by atoms with Crippen molar-refractivity contribution >= 4 is 12.4 Å². The summed E-state index contributed by atoms with van der Waals surface area (Å²) >= 11 is 0. The number of pyridine rings is 1. The Balaban J connectivity index is 0.00000121. The molecule has 0 aromatic carbocycles. The first kappa shape index (κ1) is 1.75. The average Bonchev–Trinajstić information content (AvgIpc) is 1.97. The summed E-state index contributed by atoms with van der Waals surface area (Å²) in [4.78, 5) is 3.27. The summed E-state index contributed by atoms with van der Waals surface area (Å²) in [6.07, 6.45) is -0.841. The lowest BCUT2D eigenvalue weighted by molar-refractivity contribution is 1.33. The Morgan fingerprint density at radius 2 is 1.71 bits per heavy atom. The zero-order valence-electron chi connectivity index (χ0n) is 8.36. The van der Waals surface area contributed by atoms with E-state index < -0.39 is 30.5 Å². The van der Waals surface area contributed by atoms with E-state index in [1.807, 2.05) is 0 Å². The van der Waals surface area contributed by atoms with Crippen LogP contribution in [0.25, 0.3) is 0 Å². The minimum atomic E-state index is -0.420. The van der Waals surface area contributed by atoms with Gasteiger partial charge in [-0.15, -0.1) is 12.4 Å². The molecule has 0 saturated heterocycles. The molecule has 1 nitrogen and oxygen atoms in total. The molecule has 0 fully saturated rings. The van der Waals surface area contributed by atoms with Gasteiger partial charge in [-0.05, 0) is 12.1 Å². The van der Waals surface area contributed by atoms with Crippen molar-refractivity contribution in [3.05, 3.63) is 30.5 Å². The topological polar surface area (TPSA) is 12.9 Å². The van der Waals surface area contributed by atoms with Crippen LogP contribution in [0.15, 0.2) is 30.5 Å². The van der Waals surface area contributed by atoms with Gasteiger partial charge in [-0.2, -0.15) is 0 Å². The molecule has 0 unspecified atom stereocenters. The molecule has 0 atom stereocenters. The Bertz CT molecular complexity index is 276. The summed E-state index contributed by atoms with van der Waals surface area (Å²) in [5.74, 6) is 0. The molecule has 1 heterocycles. The van der Waals surface area contributed by atoms with Crippen LogP contribution < -0.4 is 0 Å². The van der Waals surface area contributed by atoms with Crippen molar-refractivity contribution in [1.82, 2.24) is 4.98 Å². The number of nitrogens with zero attached hydrogens (tertiary/aromatic N) is 1. The molecule has 0 N–H and O–H groups in total. The van der Waals surface area contributed by atoms with Crippen molar-refractivity contribution in [3.8, 4) is 0 Å². The lowest BCUT2D eigenvalue weighted by Crippen LogP contribution is -1.58.